The summed E-state index contributed by atoms with van der Waals surface area (Å²) in [5.41, 5.74) is 8.06. The lowest BCUT2D eigenvalue weighted by Crippen LogP contribution is -2.19. The normalized spacial score (nSPS) is 11.0. The Balaban J connectivity index is 1.63. The minimum Gasteiger partial charge on any atom is -0.484 e. The first-order valence-corrected chi connectivity index (χ1v) is 8.22. The molecule has 0 saturated carbocycles. The second-order valence-corrected chi connectivity index (χ2v) is 5.95. The van der Waals surface area contributed by atoms with Crippen LogP contribution in [0.4, 0.5) is 5.69 Å². The Morgan fingerprint density at radius 3 is 2.74 bits per heavy atom. The maximum Gasteiger partial charge on any atom is 0.255 e. The number of hydrogen-bond acceptors (Lipinski definition) is 5. The third kappa shape index (κ3) is 4.49. The summed E-state index contributed by atoms with van der Waals surface area (Å²) < 4.78 is 6.88. The first kappa shape index (κ1) is 18.1. The van der Waals surface area contributed by atoms with Gasteiger partial charge in [0.2, 0.25) is 5.91 Å². The zero-order chi connectivity index (χ0) is 19.4. The molecule has 2 heterocycles. The number of rotatable bonds is 6. The predicted molar refractivity (Wildman–Crippen MR) is 102 cm³/mol. The van der Waals surface area contributed by atoms with Crippen LogP contribution in [0.5, 0.6) is 5.75 Å². The number of fused-ring (bicyclic) bond motifs is 1. The van der Waals surface area contributed by atoms with E-state index in [0.717, 1.165) is 22.3 Å². The number of aromatic nitrogens is 3. The van der Waals surface area contributed by atoms with Crippen molar-refractivity contribution in [1.29, 1.82) is 0 Å². The Bertz CT molecular complexity index is 1020. The first-order chi connectivity index (χ1) is 12.9. The van der Waals surface area contributed by atoms with Crippen LogP contribution in [0.2, 0.25) is 0 Å². The van der Waals surface area contributed by atoms with Crippen LogP contribution in [0.1, 0.15) is 11.3 Å². The number of anilines is 1. The number of carbonyl (C=O) groups is 2. The van der Waals surface area contributed by atoms with Gasteiger partial charge in [-0.05, 0) is 36.8 Å². The van der Waals surface area contributed by atoms with E-state index in [9.17, 15) is 9.59 Å². The molecule has 0 atom stereocenters. The summed E-state index contributed by atoms with van der Waals surface area (Å²) in [7, 11) is 1.83. The Labute approximate surface area is 155 Å². The number of amides is 2. The minimum absolute atomic E-state index is 0.174. The van der Waals surface area contributed by atoms with Crippen molar-refractivity contribution in [3.63, 3.8) is 0 Å². The fourth-order valence-corrected chi connectivity index (χ4v) is 2.56. The average molecular weight is 365 g/mol. The second-order valence-electron chi connectivity index (χ2n) is 5.95. The number of nitrogens with one attached hydrogen (secondary N) is 1. The zero-order valence-electron chi connectivity index (χ0n) is 15.0. The molecule has 0 bridgehead atoms. The van der Waals surface area contributed by atoms with Gasteiger partial charge in [-0.15, -0.1) is 0 Å². The fraction of sp³-hybridized carbons (Fsp3) is 0.158. The van der Waals surface area contributed by atoms with Crippen molar-refractivity contribution in [3.05, 3.63) is 53.9 Å². The van der Waals surface area contributed by atoms with Gasteiger partial charge in [-0.3, -0.25) is 14.3 Å². The number of pyridine rings is 1. The van der Waals surface area contributed by atoms with Crippen molar-refractivity contribution in [2.45, 2.75) is 6.92 Å². The van der Waals surface area contributed by atoms with Crippen LogP contribution in [-0.4, -0.2) is 33.2 Å². The van der Waals surface area contributed by atoms with Crippen molar-refractivity contribution in [2.75, 3.05) is 11.9 Å². The summed E-state index contributed by atoms with van der Waals surface area (Å²) in [5, 5.41) is 7.99. The zero-order valence-corrected chi connectivity index (χ0v) is 15.0. The lowest BCUT2D eigenvalue weighted by molar-refractivity contribution is -0.120. The molecule has 27 heavy (non-hydrogen) atoms. The summed E-state index contributed by atoms with van der Waals surface area (Å²) in [6, 6.07) is 8.79. The SMILES string of the molecule is Cc1nn(C)c2ncc(NC(=O)/C=C/c3ccc(OCC(N)=O)cc3)cc12. The minimum atomic E-state index is -0.537. The van der Waals surface area contributed by atoms with Gasteiger partial charge in [0, 0.05) is 18.5 Å². The Kier molecular flexibility index (Phi) is 5.16. The second kappa shape index (κ2) is 7.69. The molecule has 0 aliphatic heterocycles. The molecule has 3 N–H and O–H groups in total. The van der Waals surface area contributed by atoms with E-state index < -0.39 is 5.91 Å². The number of primary amides is 1. The molecule has 2 aromatic heterocycles. The smallest absolute Gasteiger partial charge is 0.255 e. The molecule has 0 aliphatic carbocycles. The molecular weight excluding hydrogens is 346 g/mol. The van der Waals surface area contributed by atoms with E-state index in [1.54, 1.807) is 41.2 Å². The highest BCUT2D eigenvalue weighted by Crippen LogP contribution is 2.19. The standard InChI is InChI=1S/C19H19N5O3/c1-12-16-9-14(10-21-19(16)24(2)23-12)22-18(26)8-5-13-3-6-15(7-4-13)27-11-17(20)25/h3-10H,11H2,1-2H3,(H2,20,25)(H,22,26)/b8-5+. The third-order valence-corrected chi connectivity index (χ3v) is 3.82. The van der Waals surface area contributed by atoms with Crippen LogP contribution >= 0.6 is 0 Å². The molecule has 0 fully saturated rings. The van der Waals surface area contributed by atoms with E-state index in [2.05, 4.69) is 15.4 Å². The number of benzene rings is 1. The van der Waals surface area contributed by atoms with Crippen LogP contribution in [0.3, 0.4) is 0 Å². The van der Waals surface area contributed by atoms with Crippen LogP contribution in [0.15, 0.2) is 42.6 Å². The van der Waals surface area contributed by atoms with Gasteiger partial charge in [0.1, 0.15) is 5.75 Å². The van der Waals surface area contributed by atoms with Crippen molar-refractivity contribution in [3.8, 4) is 5.75 Å². The van der Waals surface area contributed by atoms with Crippen LogP contribution in [0, 0.1) is 6.92 Å². The van der Waals surface area contributed by atoms with Crippen molar-refractivity contribution >= 4 is 34.6 Å². The van der Waals surface area contributed by atoms with Gasteiger partial charge in [-0.25, -0.2) is 4.98 Å². The van der Waals surface area contributed by atoms with Crippen molar-refractivity contribution in [1.82, 2.24) is 14.8 Å². The molecule has 8 heteroatoms. The Morgan fingerprint density at radius 1 is 1.30 bits per heavy atom. The largest absolute Gasteiger partial charge is 0.484 e. The molecule has 3 aromatic rings. The molecule has 2 amide bonds. The van der Waals surface area contributed by atoms with E-state index in [-0.39, 0.29) is 12.5 Å². The first-order valence-electron chi connectivity index (χ1n) is 8.22. The number of aryl methyl sites for hydroxylation is 2. The highest BCUT2D eigenvalue weighted by molar-refractivity contribution is 6.02. The number of hydrogen-bond donors (Lipinski definition) is 2. The number of nitrogens with zero attached hydrogens (tertiary/aromatic N) is 3. The van der Waals surface area contributed by atoms with E-state index >= 15 is 0 Å². The van der Waals surface area contributed by atoms with Crippen molar-refractivity contribution in [2.24, 2.45) is 12.8 Å². The highest BCUT2D eigenvalue weighted by Gasteiger charge is 2.08. The topological polar surface area (TPSA) is 112 Å². The number of nitrogens with two attached hydrogens (primary N) is 1. The monoisotopic (exact) mass is 365 g/mol. The lowest BCUT2D eigenvalue weighted by atomic mass is 10.2. The van der Waals surface area contributed by atoms with Gasteiger partial charge in [0.05, 0.1) is 17.6 Å². The molecular formula is C19H19N5O3. The molecule has 1 aromatic carbocycles. The lowest BCUT2D eigenvalue weighted by Gasteiger charge is -2.04. The molecule has 8 nitrogen and oxygen atoms in total. The van der Waals surface area contributed by atoms with E-state index in [1.165, 1.54) is 6.08 Å². The quantitative estimate of drug-likeness (QED) is 0.647. The van der Waals surface area contributed by atoms with Gasteiger partial charge in [0.15, 0.2) is 12.3 Å². The van der Waals surface area contributed by atoms with Gasteiger partial charge >= 0.3 is 0 Å². The van der Waals surface area contributed by atoms with Crippen molar-refractivity contribution < 1.29 is 14.3 Å². The fourth-order valence-electron chi connectivity index (χ4n) is 2.56. The molecule has 3 rings (SSSR count). The van der Waals surface area contributed by atoms with Gasteiger partial charge in [-0.2, -0.15) is 5.10 Å². The Hall–Kier alpha value is -3.68. The van der Waals surface area contributed by atoms with E-state index in [4.69, 9.17) is 10.5 Å². The summed E-state index contributed by atoms with van der Waals surface area (Å²) in [6.07, 6.45) is 4.70. The summed E-state index contributed by atoms with van der Waals surface area (Å²) in [6.45, 7) is 1.72. The molecule has 0 unspecified atom stereocenters. The molecule has 0 spiro atoms. The third-order valence-electron chi connectivity index (χ3n) is 3.82. The average Bonchev–Trinajstić information content (AvgIpc) is 2.92. The maximum atomic E-state index is 12.1. The summed E-state index contributed by atoms with van der Waals surface area (Å²) in [4.78, 5) is 27.2. The maximum absolute atomic E-state index is 12.1. The summed E-state index contributed by atoms with van der Waals surface area (Å²) >= 11 is 0. The van der Waals surface area contributed by atoms with E-state index in [1.807, 2.05) is 20.0 Å². The molecule has 138 valence electrons. The predicted octanol–water partition coefficient (Wildman–Crippen LogP) is 1.79. The van der Waals surface area contributed by atoms with Gasteiger partial charge in [-0.1, -0.05) is 12.1 Å². The number of ether oxygens (including phenoxy) is 1. The molecule has 0 aliphatic rings. The highest BCUT2D eigenvalue weighted by atomic mass is 16.5. The van der Waals surface area contributed by atoms with Gasteiger partial charge in [0.25, 0.3) is 5.91 Å². The van der Waals surface area contributed by atoms with Crippen LogP contribution in [-0.2, 0) is 16.6 Å². The van der Waals surface area contributed by atoms with Gasteiger partial charge < -0.3 is 15.8 Å². The molecule has 0 saturated heterocycles. The van der Waals surface area contributed by atoms with Crippen LogP contribution < -0.4 is 15.8 Å². The number of carbonyl (C=O) groups excluding carboxylic acids is 2. The van der Waals surface area contributed by atoms with E-state index in [0.29, 0.717) is 11.4 Å². The Morgan fingerprint density at radius 2 is 2.04 bits per heavy atom. The molecule has 0 radical (unpaired) electrons. The van der Waals surface area contributed by atoms with Crippen LogP contribution in [0.25, 0.3) is 17.1 Å². The summed E-state index contributed by atoms with van der Waals surface area (Å²) in [5.74, 6) is -0.279.